The molecule has 96 valence electrons. The summed E-state index contributed by atoms with van der Waals surface area (Å²) in [7, 11) is 1.86. The molecule has 0 aliphatic carbocycles. The van der Waals surface area contributed by atoms with Crippen LogP contribution in [0.1, 0.15) is 31.0 Å². The molecule has 2 atom stereocenters. The van der Waals surface area contributed by atoms with E-state index in [1.807, 2.05) is 7.05 Å². The number of nitrogens with one attached hydrogen (secondary N) is 1. The van der Waals surface area contributed by atoms with Crippen molar-refractivity contribution in [3.63, 3.8) is 0 Å². The van der Waals surface area contributed by atoms with E-state index in [1.165, 1.54) is 5.56 Å². The topological polar surface area (TPSA) is 58.3 Å². The second-order valence-electron chi connectivity index (χ2n) is 4.95. The van der Waals surface area contributed by atoms with Crippen molar-refractivity contribution in [1.29, 1.82) is 0 Å². The molecule has 1 rings (SSSR count). The minimum absolute atomic E-state index is 0.00750. The number of aliphatic hydroxyl groups is 1. The molecule has 0 fully saturated rings. The molecule has 0 heterocycles. The van der Waals surface area contributed by atoms with Crippen LogP contribution in [0.3, 0.4) is 0 Å². The van der Waals surface area contributed by atoms with Crippen molar-refractivity contribution in [2.45, 2.75) is 32.4 Å². The van der Waals surface area contributed by atoms with E-state index in [9.17, 15) is 0 Å². The molecule has 1 aromatic carbocycles. The Morgan fingerprint density at radius 3 is 2.24 bits per heavy atom. The maximum absolute atomic E-state index is 9.11. The van der Waals surface area contributed by atoms with Crippen LogP contribution >= 0.6 is 0 Å². The van der Waals surface area contributed by atoms with Crippen LogP contribution in [-0.4, -0.2) is 24.8 Å². The first-order chi connectivity index (χ1) is 8.08. The minimum atomic E-state index is -0.268. The molecule has 0 bridgehead atoms. The summed E-state index contributed by atoms with van der Waals surface area (Å²) in [5.74, 6) is 0.667. The van der Waals surface area contributed by atoms with Gasteiger partial charge in [-0.3, -0.25) is 0 Å². The van der Waals surface area contributed by atoms with E-state index in [1.54, 1.807) is 0 Å². The molecule has 17 heavy (non-hydrogen) atoms. The van der Waals surface area contributed by atoms with E-state index in [-0.39, 0.29) is 18.7 Å². The number of benzene rings is 1. The van der Waals surface area contributed by atoms with Crippen molar-refractivity contribution >= 4 is 0 Å². The quantitative estimate of drug-likeness (QED) is 0.701. The van der Waals surface area contributed by atoms with Crippen LogP contribution in [0.25, 0.3) is 0 Å². The lowest BCUT2D eigenvalue weighted by atomic mass is 9.96. The third-order valence-corrected chi connectivity index (χ3v) is 2.93. The Morgan fingerprint density at radius 2 is 1.82 bits per heavy atom. The largest absolute Gasteiger partial charge is 0.395 e. The Kier molecular flexibility index (Phi) is 5.62. The highest BCUT2D eigenvalue weighted by Crippen LogP contribution is 2.17. The standard InChI is InChI=1S/C14H24N2O/c1-10(2)8-11-4-6-12(7-5-11)14(16-3)13(15)9-17/h4-7,10,13-14,16-17H,8-9,15H2,1-3H3. The SMILES string of the molecule is CNC(c1ccc(CC(C)C)cc1)C(N)CO. The lowest BCUT2D eigenvalue weighted by Crippen LogP contribution is -2.38. The van der Waals surface area contributed by atoms with Gasteiger partial charge in [0, 0.05) is 12.1 Å². The molecular weight excluding hydrogens is 212 g/mol. The third-order valence-electron chi connectivity index (χ3n) is 2.93. The zero-order valence-electron chi connectivity index (χ0n) is 11.0. The van der Waals surface area contributed by atoms with E-state index in [4.69, 9.17) is 10.8 Å². The summed E-state index contributed by atoms with van der Waals surface area (Å²) < 4.78 is 0. The number of likely N-dealkylation sites (N-methyl/N-ethyl adjacent to an activating group) is 1. The zero-order chi connectivity index (χ0) is 12.8. The molecule has 3 nitrogen and oxygen atoms in total. The Balaban J connectivity index is 2.77. The van der Waals surface area contributed by atoms with Gasteiger partial charge in [-0.15, -0.1) is 0 Å². The Labute approximate surface area is 104 Å². The summed E-state index contributed by atoms with van der Waals surface area (Å²) in [5, 5.41) is 12.3. The van der Waals surface area contributed by atoms with Gasteiger partial charge >= 0.3 is 0 Å². The van der Waals surface area contributed by atoms with E-state index < -0.39 is 0 Å². The normalized spacial score (nSPS) is 14.9. The number of aliphatic hydroxyl groups excluding tert-OH is 1. The van der Waals surface area contributed by atoms with E-state index in [0.29, 0.717) is 5.92 Å². The summed E-state index contributed by atoms with van der Waals surface area (Å²) in [6.45, 7) is 4.41. The molecule has 0 amide bonds. The molecule has 0 aliphatic rings. The average Bonchev–Trinajstić information content (AvgIpc) is 2.31. The molecule has 0 aliphatic heterocycles. The first-order valence-corrected chi connectivity index (χ1v) is 6.21. The number of hydrogen-bond donors (Lipinski definition) is 3. The molecule has 0 radical (unpaired) electrons. The molecule has 1 aromatic rings. The third kappa shape index (κ3) is 4.11. The van der Waals surface area contributed by atoms with Crippen LogP contribution < -0.4 is 11.1 Å². The summed E-state index contributed by atoms with van der Waals surface area (Å²) in [5.41, 5.74) is 8.34. The van der Waals surface area contributed by atoms with Crippen LogP contribution in [0.5, 0.6) is 0 Å². The van der Waals surface area contributed by atoms with Crippen molar-refractivity contribution in [3.8, 4) is 0 Å². The Bertz CT molecular complexity index is 321. The molecular formula is C14H24N2O. The monoisotopic (exact) mass is 236 g/mol. The molecule has 3 heteroatoms. The van der Waals surface area contributed by atoms with Crippen molar-refractivity contribution in [3.05, 3.63) is 35.4 Å². The first-order valence-electron chi connectivity index (χ1n) is 6.21. The molecule has 0 aromatic heterocycles. The highest BCUT2D eigenvalue weighted by Gasteiger charge is 2.16. The van der Waals surface area contributed by atoms with Crippen LogP contribution in [0.4, 0.5) is 0 Å². The second kappa shape index (κ2) is 6.74. The van der Waals surface area contributed by atoms with E-state index >= 15 is 0 Å². The Hall–Kier alpha value is -0.900. The summed E-state index contributed by atoms with van der Waals surface area (Å²) >= 11 is 0. The average molecular weight is 236 g/mol. The summed E-state index contributed by atoms with van der Waals surface area (Å²) in [4.78, 5) is 0. The summed E-state index contributed by atoms with van der Waals surface area (Å²) in [6, 6.07) is 8.21. The van der Waals surface area contributed by atoms with Gasteiger partial charge in [0.25, 0.3) is 0 Å². The van der Waals surface area contributed by atoms with Gasteiger partial charge in [0.1, 0.15) is 0 Å². The van der Waals surface area contributed by atoms with E-state index in [0.717, 1.165) is 12.0 Å². The summed E-state index contributed by atoms with van der Waals surface area (Å²) in [6.07, 6.45) is 1.09. The Morgan fingerprint density at radius 1 is 1.24 bits per heavy atom. The molecule has 0 spiro atoms. The smallest absolute Gasteiger partial charge is 0.0601 e. The lowest BCUT2D eigenvalue weighted by Gasteiger charge is -2.22. The van der Waals surface area contributed by atoms with Gasteiger partial charge in [0.2, 0.25) is 0 Å². The van der Waals surface area contributed by atoms with Gasteiger partial charge in [0.05, 0.1) is 6.61 Å². The first kappa shape index (κ1) is 14.2. The fourth-order valence-electron chi connectivity index (χ4n) is 2.07. The van der Waals surface area contributed by atoms with Crippen LogP contribution in [0.2, 0.25) is 0 Å². The maximum Gasteiger partial charge on any atom is 0.0601 e. The predicted molar refractivity (Wildman–Crippen MR) is 71.8 cm³/mol. The van der Waals surface area contributed by atoms with Gasteiger partial charge in [-0.05, 0) is 30.5 Å². The molecule has 0 saturated heterocycles. The van der Waals surface area contributed by atoms with Crippen LogP contribution in [-0.2, 0) is 6.42 Å². The lowest BCUT2D eigenvalue weighted by molar-refractivity contribution is 0.240. The predicted octanol–water partition coefficient (Wildman–Crippen LogP) is 1.47. The van der Waals surface area contributed by atoms with Gasteiger partial charge in [0.15, 0.2) is 0 Å². The van der Waals surface area contributed by atoms with Gasteiger partial charge < -0.3 is 16.2 Å². The van der Waals surface area contributed by atoms with Gasteiger partial charge in [-0.1, -0.05) is 38.1 Å². The highest BCUT2D eigenvalue weighted by atomic mass is 16.3. The fraction of sp³-hybridized carbons (Fsp3) is 0.571. The maximum atomic E-state index is 9.11. The molecule has 0 saturated carbocycles. The van der Waals surface area contributed by atoms with Gasteiger partial charge in [-0.25, -0.2) is 0 Å². The van der Waals surface area contributed by atoms with Crippen molar-refractivity contribution in [2.75, 3.05) is 13.7 Å². The molecule has 2 unspecified atom stereocenters. The molecule has 4 N–H and O–H groups in total. The van der Waals surface area contributed by atoms with Crippen molar-refractivity contribution in [2.24, 2.45) is 11.7 Å². The van der Waals surface area contributed by atoms with E-state index in [2.05, 4.69) is 43.4 Å². The van der Waals surface area contributed by atoms with Crippen LogP contribution in [0.15, 0.2) is 24.3 Å². The fourth-order valence-corrected chi connectivity index (χ4v) is 2.07. The minimum Gasteiger partial charge on any atom is -0.395 e. The van der Waals surface area contributed by atoms with Crippen molar-refractivity contribution in [1.82, 2.24) is 5.32 Å². The second-order valence-corrected chi connectivity index (χ2v) is 4.95. The highest BCUT2D eigenvalue weighted by molar-refractivity contribution is 5.26. The number of rotatable bonds is 6. The van der Waals surface area contributed by atoms with Crippen LogP contribution in [0, 0.1) is 5.92 Å². The zero-order valence-corrected chi connectivity index (χ0v) is 11.0. The van der Waals surface area contributed by atoms with Crippen molar-refractivity contribution < 1.29 is 5.11 Å². The number of nitrogens with two attached hydrogens (primary N) is 1. The number of hydrogen-bond acceptors (Lipinski definition) is 3. The van der Waals surface area contributed by atoms with Gasteiger partial charge in [-0.2, -0.15) is 0 Å².